The van der Waals surface area contributed by atoms with Crippen LogP contribution in [0.2, 0.25) is 0 Å². The van der Waals surface area contributed by atoms with E-state index in [9.17, 15) is 9.59 Å². The predicted molar refractivity (Wildman–Crippen MR) is 77.3 cm³/mol. The van der Waals surface area contributed by atoms with Crippen LogP contribution >= 0.6 is 0 Å². The minimum Gasteiger partial charge on any atom is -0.454 e. The Balaban J connectivity index is 1.29. The van der Waals surface area contributed by atoms with Crippen LogP contribution in [0.4, 0.5) is 0 Å². The summed E-state index contributed by atoms with van der Waals surface area (Å²) in [7, 11) is 0. The minimum atomic E-state index is -1.04. The van der Waals surface area contributed by atoms with E-state index in [0.29, 0.717) is 5.92 Å². The number of rotatable bonds is 2. The lowest BCUT2D eigenvalue weighted by atomic mass is 9.94. The molecule has 2 aliphatic carbocycles. The van der Waals surface area contributed by atoms with Gasteiger partial charge in [-0.2, -0.15) is 0 Å². The Bertz CT molecular complexity index is 626. The molecule has 1 saturated carbocycles. The maximum absolute atomic E-state index is 12.5. The highest BCUT2D eigenvalue weighted by Crippen LogP contribution is 2.46. The molecule has 8 unspecified atom stereocenters. The van der Waals surface area contributed by atoms with Gasteiger partial charge in [0.15, 0.2) is 24.3 Å². The van der Waals surface area contributed by atoms with E-state index < -0.39 is 42.5 Å². The summed E-state index contributed by atoms with van der Waals surface area (Å²) in [5.41, 5.74) is 0. The monoisotopic (exact) mass is 336 g/mol. The van der Waals surface area contributed by atoms with Gasteiger partial charge in [-0.1, -0.05) is 12.2 Å². The average molecular weight is 336 g/mol. The van der Waals surface area contributed by atoms with Gasteiger partial charge < -0.3 is 23.7 Å². The molecule has 7 nitrogen and oxygen atoms in total. The smallest absolute Gasteiger partial charge is 0.350 e. The van der Waals surface area contributed by atoms with Crippen LogP contribution in [0.1, 0.15) is 26.7 Å². The molecule has 24 heavy (non-hydrogen) atoms. The number of hydrogen-bond acceptors (Lipinski definition) is 7. The van der Waals surface area contributed by atoms with Crippen molar-refractivity contribution >= 4 is 11.9 Å². The van der Waals surface area contributed by atoms with E-state index in [0.717, 1.165) is 12.8 Å². The third kappa shape index (κ3) is 2.08. The third-order valence-electron chi connectivity index (χ3n) is 5.63. The Morgan fingerprint density at radius 2 is 2.00 bits per heavy atom. The number of fused-ring (bicyclic) bond motifs is 5. The van der Waals surface area contributed by atoms with Gasteiger partial charge >= 0.3 is 11.9 Å². The van der Waals surface area contributed by atoms with Crippen LogP contribution < -0.4 is 0 Å². The van der Waals surface area contributed by atoms with Crippen molar-refractivity contribution < 1.29 is 33.3 Å². The molecular formula is C17H20O7. The number of carbonyl (C=O) groups excluding carboxylic acids is 2. The molecule has 0 aromatic rings. The van der Waals surface area contributed by atoms with Crippen molar-refractivity contribution in [3.05, 3.63) is 12.2 Å². The molecule has 3 aliphatic heterocycles. The summed E-state index contributed by atoms with van der Waals surface area (Å²) >= 11 is 0. The van der Waals surface area contributed by atoms with Gasteiger partial charge in [0, 0.05) is 0 Å². The molecule has 0 N–H and O–H groups in total. The summed E-state index contributed by atoms with van der Waals surface area (Å²) in [6.07, 6.45) is 2.65. The average Bonchev–Trinajstić information content (AvgIpc) is 3.28. The summed E-state index contributed by atoms with van der Waals surface area (Å²) in [5.74, 6) is -1.16. The summed E-state index contributed by atoms with van der Waals surface area (Å²) in [6.45, 7) is 3.56. The topological polar surface area (TPSA) is 80.3 Å². The molecule has 4 fully saturated rings. The SMILES string of the molecule is CC1(C)OC2OC3C(OC(=O)C4CC5C=CC4C5)C(=O)OC3C2O1. The lowest BCUT2D eigenvalue weighted by molar-refractivity contribution is -0.217. The fraction of sp³-hybridized carbons (Fsp3) is 0.765. The van der Waals surface area contributed by atoms with Crippen molar-refractivity contribution in [2.75, 3.05) is 0 Å². The van der Waals surface area contributed by atoms with Crippen molar-refractivity contribution in [3.8, 4) is 0 Å². The van der Waals surface area contributed by atoms with E-state index in [-0.39, 0.29) is 17.8 Å². The predicted octanol–water partition coefficient (Wildman–Crippen LogP) is 0.912. The first-order valence-corrected chi connectivity index (χ1v) is 8.52. The number of esters is 2. The second-order valence-electron chi connectivity index (χ2n) is 7.71. The summed E-state index contributed by atoms with van der Waals surface area (Å²) in [6, 6.07) is 0. The van der Waals surface area contributed by atoms with Gasteiger partial charge in [-0.05, 0) is 38.5 Å². The van der Waals surface area contributed by atoms with Gasteiger partial charge in [-0.15, -0.1) is 0 Å². The van der Waals surface area contributed by atoms with Crippen molar-refractivity contribution in [1.29, 1.82) is 0 Å². The molecule has 3 saturated heterocycles. The van der Waals surface area contributed by atoms with Crippen molar-refractivity contribution in [2.24, 2.45) is 17.8 Å². The maximum Gasteiger partial charge on any atom is 0.350 e. The molecule has 0 radical (unpaired) electrons. The van der Waals surface area contributed by atoms with Gasteiger partial charge in [0.1, 0.15) is 6.10 Å². The van der Waals surface area contributed by atoms with E-state index >= 15 is 0 Å². The maximum atomic E-state index is 12.5. The molecule has 0 spiro atoms. The van der Waals surface area contributed by atoms with E-state index in [1.54, 1.807) is 13.8 Å². The first kappa shape index (κ1) is 14.9. The lowest BCUT2D eigenvalue weighted by Gasteiger charge is -2.23. The van der Waals surface area contributed by atoms with Crippen LogP contribution in [0.5, 0.6) is 0 Å². The van der Waals surface area contributed by atoms with Crippen LogP contribution in [-0.2, 0) is 33.3 Å². The Morgan fingerprint density at radius 3 is 2.71 bits per heavy atom. The molecular weight excluding hydrogens is 316 g/mol. The number of ether oxygens (including phenoxy) is 5. The Labute approximate surface area is 139 Å². The van der Waals surface area contributed by atoms with Crippen molar-refractivity contribution in [1.82, 2.24) is 0 Å². The Kier molecular flexibility index (Phi) is 2.98. The highest BCUT2D eigenvalue weighted by Gasteiger charge is 2.64. The number of hydrogen-bond donors (Lipinski definition) is 0. The van der Waals surface area contributed by atoms with E-state index in [1.165, 1.54) is 0 Å². The van der Waals surface area contributed by atoms with Crippen LogP contribution in [0.25, 0.3) is 0 Å². The second-order valence-corrected chi connectivity index (χ2v) is 7.71. The van der Waals surface area contributed by atoms with Crippen LogP contribution in [0.3, 0.4) is 0 Å². The molecule has 0 aromatic carbocycles. The fourth-order valence-electron chi connectivity index (χ4n) is 4.60. The Morgan fingerprint density at radius 1 is 1.17 bits per heavy atom. The standard InChI is InChI=1S/C17H20O7/c1-17(2)23-13-11-10(22-16(13)24-17)12(15(19)20-11)21-14(18)9-6-7-3-4-8(9)5-7/h3-4,7-13,16H,5-6H2,1-2H3. The molecule has 2 bridgehead atoms. The first-order valence-electron chi connectivity index (χ1n) is 8.52. The molecule has 0 aromatic heterocycles. The number of carbonyl (C=O) groups is 2. The van der Waals surface area contributed by atoms with E-state index in [4.69, 9.17) is 23.7 Å². The van der Waals surface area contributed by atoms with Crippen LogP contribution in [-0.4, -0.2) is 48.4 Å². The van der Waals surface area contributed by atoms with E-state index in [1.807, 2.05) is 0 Å². The quantitative estimate of drug-likeness (QED) is 0.548. The van der Waals surface area contributed by atoms with Gasteiger partial charge in [-0.25, -0.2) is 4.79 Å². The zero-order valence-electron chi connectivity index (χ0n) is 13.5. The molecule has 130 valence electrons. The molecule has 5 rings (SSSR count). The Hall–Kier alpha value is -1.44. The minimum absolute atomic E-state index is 0.167. The molecule has 3 heterocycles. The first-order chi connectivity index (χ1) is 11.4. The van der Waals surface area contributed by atoms with Crippen molar-refractivity contribution in [3.63, 3.8) is 0 Å². The van der Waals surface area contributed by atoms with Gasteiger partial charge in [0.05, 0.1) is 5.92 Å². The largest absolute Gasteiger partial charge is 0.454 e. The zero-order chi connectivity index (χ0) is 16.6. The second kappa shape index (κ2) is 4.80. The zero-order valence-corrected chi connectivity index (χ0v) is 13.5. The number of allylic oxidation sites excluding steroid dienone is 2. The normalized spacial score (nSPS) is 50.0. The third-order valence-corrected chi connectivity index (χ3v) is 5.63. The highest BCUT2D eigenvalue weighted by molar-refractivity contribution is 5.83. The van der Waals surface area contributed by atoms with Gasteiger partial charge in [0.25, 0.3) is 0 Å². The van der Waals surface area contributed by atoms with Crippen LogP contribution in [0, 0.1) is 17.8 Å². The highest BCUT2D eigenvalue weighted by atomic mass is 16.8. The fourth-order valence-corrected chi connectivity index (χ4v) is 4.60. The summed E-state index contributed by atoms with van der Waals surface area (Å²) < 4.78 is 28.1. The molecule has 0 amide bonds. The van der Waals surface area contributed by atoms with Gasteiger partial charge in [-0.3, -0.25) is 4.79 Å². The molecule has 7 heteroatoms. The molecule has 8 atom stereocenters. The summed E-state index contributed by atoms with van der Waals surface area (Å²) in [4.78, 5) is 24.7. The molecule has 5 aliphatic rings. The lowest BCUT2D eigenvalue weighted by Crippen LogP contribution is -2.39. The van der Waals surface area contributed by atoms with Crippen molar-refractivity contribution in [2.45, 2.75) is 63.2 Å². The van der Waals surface area contributed by atoms with Gasteiger partial charge in [0.2, 0.25) is 6.10 Å². The van der Waals surface area contributed by atoms with Crippen LogP contribution in [0.15, 0.2) is 12.2 Å². The summed E-state index contributed by atoms with van der Waals surface area (Å²) in [5, 5.41) is 0. The van der Waals surface area contributed by atoms with E-state index in [2.05, 4.69) is 12.2 Å².